The Labute approximate surface area is 131 Å². The first-order valence-electron chi connectivity index (χ1n) is 7.87. The lowest BCUT2D eigenvalue weighted by molar-refractivity contribution is -0.155. The Balaban J connectivity index is 1.60. The van der Waals surface area contributed by atoms with Crippen molar-refractivity contribution in [2.75, 3.05) is 13.7 Å². The summed E-state index contributed by atoms with van der Waals surface area (Å²) in [4.78, 5) is 0.276. The van der Waals surface area contributed by atoms with Gasteiger partial charge in [-0.05, 0) is 30.9 Å². The summed E-state index contributed by atoms with van der Waals surface area (Å²) < 4.78 is 39.5. The molecule has 2 unspecified atom stereocenters. The number of ether oxygens (including phenoxy) is 2. The van der Waals surface area contributed by atoms with Crippen molar-refractivity contribution in [1.29, 1.82) is 0 Å². The van der Waals surface area contributed by atoms with Gasteiger partial charge in [0.05, 0.1) is 12.7 Å². The van der Waals surface area contributed by atoms with E-state index < -0.39 is 10.0 Å². The minimum atomic E-state index is -3.56. The molecular formula is C16H21NO4S. The first-order chi connectivity index (χ1) is 10.6. The molecule has 1 aliphatic heterocycles. The number of hydrogen-bond donors (Lipinski definition) is 1. The minimum absolute atomic E-state index is 0.0145. The molecule has 2 fully saturated rings. The van der Waals surface area contributed by atoms with E-state index in [-0.39, 0.29) is 22.5 Å². The Morgan fingerprint density at radius 1 is 1.36 bits per heavy atom. The summed E-state index contributed by atoms with van der Waals surface area (Å²) in [7, 11) is -1.84. The van der Waals surface area contributed by atoms with Crippen LogP contribution in [-0.4, -0.2) is 34.3 Å². The van der Waals surface area contributed by atoms with Crippen molar-refractivity contribution >= 4 is 10.0 Å². The van der Waals surface area contributed by atoms with E-state index in [9.17, 15) is 8.42 Å². The fraction of sp³-hybridized carbons (Fsp3) is 0.625. The molecule has 6 heteroatoms. The van der Waals surface area contributed by atoms with E-state index in [1.165, 1.54) is 0 Å². The molecule has 3 aliphatic rings. The van der Waals surface area contributed by atoms with Gasteiger partial charge in [0.15, 0.2) is 0 Å². The Kier molecular flexibility index (Phi) is 3.25. The summed E-state index contributed by atoms with van der Waals surface area (Å²) in [5.41, 5.74) is 0.991. The maximum atomic E-state index is 12.8. The smallest absolute Gasteiger partial charge is 0.244 e. The van der Waals surface area contributed by atoms with Gasteiger partial charge in [0.25, 0.3) is 0 Å². The predicted molar refractivity (Wildman–Crippen MR) is 81.4 cm³/mol. The van der Waals surface area contributed by atoms with Crippen LogP contribution in [0.5, 0.6) is 5.75 Å². The zero-order valence-corrected chi connectivity index (χ0v) is 13.5. The van der Waals surface area contributed by atoms with E-state index in [0.717, 1.165) is 37.7 Å². The largest absolute Gasteiger partial charge is 0.492 e. The van der Waals surface area contributed by atoms with E-state index >= 15 is 0 Å². The molecule has 120 valence electrons. The zero-order chi connectivity index (χ0) is 15.4. The highest BCUT2D eigenvalue weighted by atomic mass is 32.2. The lowest BCUT2D eigenvalue weighted by Crippen LogP contribution is -2.67. The van der Waals surface area contributed by atoms with Gasteiger partial charge in [0.1, 0.15) is 10.6 Å². The van der Waals surface area contributed by atoms with Crippen LogP contribution >= 0.6 is 0 Å². The molecule has 2 saturated carbocycles. The zero-order valence-electron chi connectivity index (χ0n) is 12.7. The highest BCUT2D eigenvalue weighted by Gasteiger charge is 2.59. The third kappa shape index (κ3) is 1.94. The van der Waals surface area contributed by atoms with Gasteiger partial charge in [-0.3, -0.25) is 0 Å². The number of nitrogens with one attached hydrogen (secondary N) is 1. The first kappa shape index (κ1) is 14.5. The van der Waals surface area contributed by atoms with Crippen molar-refractivity contribution in [2.45, 2.75) is 49.1 Å². The van der Waals surface area contributed by atoms with E-state index in [4.69, 9.17) is 9.47 Å². The summed E-state index contributed by atoms with van der Waals surface area (Å²) in [5.74, 6) is 0.528. The van der Waals surface area contributed by atoms with Crippen LogP contribution in [0, 0.1) is 5.41 Å². The van der Waals surface area contributed by atoms with Crippen molar-refractivity contribution < 1.29 is 17.9 Å². The molecule has 22 heavy (non-hydrogen) atoms. The van der Waals surface area contributed by atoms with Gasteiger partial charge in [-0.15, -0.1) is 0 Å². The van der Waals surface area contributed by atoms with Crippen molar-refractivity contribution in [1.82, 2.24) is 4.72 Å². The second-order valence-corrected chi connectivity index (χ2v) is 8.25. The molecule has 1 heterocycles. The summed E-state index contributed by atoms with van der Waals surface area (Å²) >= 11 is 0. The number of sulfonamides is 1. The molecule has 1 spiro atoms. The van der Waals surface area contributed by atoms with Gasteiger partial charge in [0, 0.05) is 25.0 Å². The fourth-order valence-corrected chi connectivity index (χ4v) is 5.67. The van der Waals surface area contributed by atoms with E-state index in [1.54, 1.807) is 19.2 Å². The van der Waals surface area contributed by atoms with Crippen LogP contribution in [0.3, 0.4) is 0 Å². The molecule has 2 atom stereocenters. The average Bonchev–Trinajstić information content (AvgIpc) is 2.89. The third-order valence-corrected chi connectivity index (χ3v) is 7.11. The molecular weight excluding hydrogens is 302 g/mol. The van der Waals surface area contributed by atoms with Crippen LogP contribution in [0.25, 0.3) is 0 Å². The third-order valence-electron chi connectivity index (χ3n) is 5.62. The number of methoxy groups -OCH3 is 1. The predicted octanol–water partition coefficient (Wildman–Crippen LogP) is 1.86. The molecule has 0 radical (unpaired) electrons. The molecule has 1 aromatic rings. The monoisotopic (exact) mass is 323 g/mol. The number of para-hydroxylation sites is 1. The van der Waals surface area contributed by atoms with Crippen LogP contribution in [0.2, 0.25) is 0 Å². The van der Waals surface area contributed by atoms with Crippen molar-refractivity contribution in [3.8, 4) is 5.75 Å². The van der Waals surface area contributed by atoms with Crippen molar-refractivity contribution in [2.24, 2.45) is 5.41 Å². The molecule has 0 amide bonds. The van der Waals surface area contributed by atoms with Gasteiger partial charge in [-0.1, -0.05) is 18.6 Å². The lowest BCUT2D eigenvalue weighted by Gasteiger charge is -2.60. The maximum absolute atomic E-state index is 12.8. The van der Waals surface area contributed by atoms with Crippen molar-refractivity contribution in [3.63, 3.8) is 0 Å². The summed E-state index contributed by atoms with van der Waals surface area (Å²) in [6, 6.07) is 5.33. The fourth-order valence-electron chi connectivity index (χ4n) is 4.15. The molecule has 2 aliphatic carbocycles. The number of rotatable bonds is 4. The quantitative estimate of drug-likeness (QED) is 0.918. The Bertz CT molecular complexity index is 696. The van der Waals surface area contributed by atoms with Gasteiger partial charge >= 0.3 is 0 Å². The van der Waals surface area contributed by atoms with Crippen LogP contribution in [0.4, 0.5) is 0 Å². The standard InChI is InChI=1S/C16H21NO4S/c1-20-14-10-13(16(14)7-3-8-16)17-22(18,19)12-5-2-4-11-6-9-21-15(11)12/h2,4-5,13-14,17H,3,6-10H2,1H3. The molecule has 1 aromatic carbocycles. The van der Waals surface area contributed by atoms with E-state index in [2.05, 4.69) is 4.72 Å². The second-order valence-electron chi connectivity index (χ2n) is 6.56. The average molecular weight is 323 g/mol. The number of hydrogen-bond acceptors (Lipinski definition) is 4. The molecule has 0 aromatic heterocycles. The Morgan fingerprint density at radius 3 is 2.86 bits per heavy atom. The van der Waals surface area contributed by atoms with Gasteiger partial charge in [-0.2, -0.15) is 0 Å². The van der Waals surface area contributed by atoms with Gasteiger partial charge in [-0.25, -0.2) is 13.1 Å². The van der Waals surface area contributed by atoms with E-state index in [0.29, 0.717) is 12.4 Å². The minimum Gasteiger partial charge on any atom is -0.492 e. The van der Waals surface area contributed by atoms with Crippen LogP contribution in [0.15, 0.2) is 23.1 Å². The maximum Gasteiger partial charge on any atom is 0.244 e. The highest BCUT2D eigenvalue weighted by molar-refractivity contribution is 7.89. The second kappa shape index (κ2) is 4.94. The topological polar surface area (TPSA) is 64.6 Å². The van der Waals surface area contributed by atoms with Gasteiger partial charge in [0.2, 0.25) is 10.0 Å². The number of fused-ring (bicyclic) bond motifs is 1. The summed E-state index contributed by atoms with van der Waals surface area (Å²) in [6.45, 7) is 0.557. The van der Waals surface area contributed by atoms with Crippen LogP contribution in [-0.2, 0) is 21.2 Å². The molecule has 1 N–H and O–H groups in total. The summed E-state index contributed by atoms with van der Waals surface area (Å²) in [5, 5.41) is 0. The Hall–Kier alpha value is -1.11. The molecule has 4 rings (SSSR count). The first-order valence-corrected chi connectivity index (χ1v) is 9.35. The summed E-state index contributed by atoms with van der Waals surface area (Å²) in [6.07, 6.45) is 4.96. The van der Waals surface area contributed by atoms with Crippen LogP contribution < -0.4 is 9.46 Å². The lowest BCUT2D eigenvalue weighted by atomic mass is 9.51. The molecule has 0 saturated heterocycles. The van der Waals surface area contributed by atoms with E-state index in [1.807, 2.05) is 6.07 Å². The number of benzene rings is 1. The SMILES string of the molecule is COC1CC(NS(=O)(=O)c2cccc3c2OCC3)C12CCC2. The van der Waals surface area contributed by atoms with Crippen molar-refractivity contribution in [3.05, 3.63) is 23.8 Å². The highest BCUT2D eigenvalue weighted by Crippen LogP contribution is 2.57. The van der Waals surface area contributed by atoms with Crippen LogP contribution in [0.1, 0.15) is 31.2 Å². The normalized spacial score (nSPS) is 28.6. The molecule has 5 nitrogen and oxygen atoms in total. The Morgan fingerprint density at radius 2 is 2.18 bits per heavy atom. The van der Waals surface area contributed by atoms with Gasteiger partial charge < -0.3 is 9.47 Å². The molecule has 0 bridgehead atoms.